The summed E-state index contributed by atoms with van der Waals surface area (Å²) in [5, 5.41) is 2.71. The van der Waals surface area contributed by atoms with Crippen molar-refractivity contribution in [1.82, 2.24) is 14.4 Å². The number of ether oxygens (including phenoxy) is 3. The van der Waals surface area contributed by atoms with E-state index < -0.39 is 11.7 Å². The van der Waals surface area contributed by atoms with Gasteiger partial charge in [0.05, 0.1) is 19.4 Å². The van der Waals surface area contributed by atoms with Crippen molar-refractivity contribution in [3.05, 3.63) is 36.4 Å². The fourth-order valence-corrected chi connectivity index (χ4v) is 3.05. The van der Waals surface area contributed by atoms with Crippen LogP contribution in [0.15, 0.2) is 30.6 Å². The van der Waals surface area contributed by atoms with Gasteiger partial charge in [-0.05, 0) is 32.9 Å². The zero-order valence-electron chi connectivity index (χ0n) is 17.9. The van der Waals surface area contributed by atoms with Crippen LogP contribution in [-0.2, 0) is 15.9 Å². The van der Waals surface area contributed by atoms with Crippen LogP contribution in [0.1, 0.15) is 26.6 Å². The topological polar surface area (TPSA) is 113 Å². The SMILES string of the molecule is COCCc1nc(-c2ccc(NC(=O)OC(C)(C)C)c(OC)c2)c2c(N)nccn12. The van der Waals surface area contributed by atoms with E-state index in [9.17, 15) is 4.79 Å². The smallest absolute Gasteiger partial charge is 0.412 e. The highest BCUT2D eigenvalue weighted by molar-refractivity contribution is 5.90. The summed E-state index contributed by atoms with van der Waals surface area (Å²) in [7, 11) is 3.18. The number of amides is 1. The highest BCUT2D eigenvalue weighted by atomic mass is 16.6. The minimum atomic E-state index is -0.601. The molecule has 0 unspecified atom stereocenters. The normalized spacial score (nSPS) is 11.5. The molecule has 0 saturated carbocycles. The number of carbonyl (C=O) groups is 1. The van der Waals surface area contributed by atoms with Gasteiger partial charge in [-0.25, -0.2) is 14.8 Å². The van der Waals surface area contributed by atoms with Gasteiger partial charge in [0, 0.05) is 31.5 Å². The summed E-state index contributed by atoms with van der Waals surface area (Å²) in [4.78, 5) is 21.1. The van der Waals surface area contributed by atoms with E-state index in [1.165, 1.54) is 7.11 Å². The highest BCUT2D eigenvalue weighted by Gasteiger charge is 2.20. The second kappa shape index (κ2) is 8.58. The van der Waals surface area contributed by atoms with Crippen LogP contribution in [0, 0.1) is 0 Å². The Hall–Kier alpha value is -3.33. The maximum atomic E-state index is 12.1. The van der Waals surface area contributed by atoms with E-state index in [1.807, 2.05) is 16.7 Å². The average Bonchev–Trinajstić information content (AvgIpc) is 3.05. The third-order valence-electron chi connectivity index (χ3n) is 4.30. The Balaban J connectivity index is 2.00. The molecule has 2 aromatic heterocycles. The van der Waals surface area contributed by atoms with Gasteiger partial charge < -0.3 is 19.9 Å². The zero-order valence-corrected chi connectivity index (χ0v) is 17.9. The molecular formula is C21H27N5O4. The monoisotopic (exact) mass is 413 g/mol. The molecular weight excluding hydrogens is 386 g/mol. The molecule has 0 aliphatic heterocycles. The van der Waals surface area contributed by atoms with E-state index in [0.29, 0.717) is 41.5 Å². The highest BCUT2D eigenvalue weighted by Crippen LogP contribution is 2.34. The number of benzene rings is 1. The molecule has 0 bridgehead atoms. The number of nitrogens with two attached hydrogens (primary N) is 1. The van der Waals surface area contributed by atoms with E-state index in [0.717, 1.165) is 11.4 Å². The first-order valence-electron chi connectivity index (χ1n) is 9.52. The Morgan fingerprint density at radius 1 is 1.27 bits per heavy atom. The second-order valence-electron chi connectivity index (χ2n) is 7.69. The number of aromatic nitrogens is 3. The van der Waals surface area contributed by atoms with Crippen LogP contribution in [0.25, 0.3) is 16.8 Å². The lowest BCUT2D eigenvalue weighted by molar-refractivity contribution is 0.0635. The first kappa shape index (κ1) is 21.4. The van der Waals surface area contributed by atoms with Gasteiger partial charge in [0.2, 0.25) is 0 Å². The summed E-state index contributed by atoms with van der Waals surface area (Å²) >= 11 is 0. The summed E-state index contributed by atoms with van der Waals surface area (Å²) in [6.45, 7) is 5.94. The zero-order chi connectivity index (χ0) is 21.9. The third kappa shape index (κ3) is 4.62. The molecule has 9 nitrogen and oxygen atoms in total. The summed E-state index contributed by atoms with van der Waals surface area (Å²) in [6, 6.07) is 5.37. The van der Waals surface area contributed by atoms with Crippen molar-refractivity contribution in [2.45, 2.75) is 32.8 Å². The van der Waals surface area contributed by atoms with Crippen molar-refractivity contribution >= 4 is 23.1 Å². The fourth-order valence-electron chi connectivity index (χ4n) is 3.05. The van der Waals surface area contributed by atoms with Crippen molar-refractivity contribution in [3.8, 4) is 17.0 Å². The maximum absolute atomic E-state index is 12.1. The largest absolute Gasteiger partial charge is 0.495 e. The number of nitrogen functional groups attached to an aromatic ring is 1. The average molecular weight is 413 g/mol. The van der Waals surface area contributed by atoms with Gasteiger partial charge in [-0.3, -0.25) is 9.72 Å². The van der Waals surface area contributed by atoms with Gasteiger partial charge >= 0.3 is 6.09 Å². The number of imidazole rings is 1. The van der Waals surface area contributed by atoms with Gasteiger partial charge in [0.15, 0.2) is 0 Å². The molecule has 0 radical (unpaired) electrons. The number of hydrogen-bond acceptors (Lipinski definition) is 7. The molecule has 1 amide bonds. The summed E-state index contributed by atoms with van der Waals surface area (Å²) in [6.07, 6.45) is 3.52. The predicted molar refractivity (Wildman–Crippen MR) is 115 cm³/mol. The van der Waals surface area contributed by atoms with E-state index in [1.54, 1.807) is 46.2 Å². The van der Waals surface area contributed by atoms with E-state index in [-0.39, 0.29) is 0 Å². The lowest BCUT2D eigenvalue weighted by Crippen LogP contribution is -2.27. The molecule has 0 aliphatic rings. The van der Waals surface area contributed by atoms with E-state index in [2.05, 4.69) is 10.3 Å². The molecule has 1 aromatic carbocycles. The molecule has 0 spiro atoms. The van der Waals surface area contributed by atoms with E-state index in [4.69, 9.17) is 24.9 Å². The van der Waals surface area contributed by atoms with Crippen LogP contribution >= 0.6 is 0 Å². The standard InChI is InChI=1S/C21H27N5O4/c1-21(2,3)30-20(27)24-14-7-6-13(12-15(14)29-5)17-18-19(22)23-9-10-26(18)16(25-17)8-11-28-4/h6-7,9-10,12H,8,11H2,1-5H3,(H2,22,23)(H,24,27). The van der Waals surface area contributed by atoms with Crippen LogP contribution in [0.5, 0.6) is 5.75 Å². The van der Waals surface area contributed by atoms with Crippen LogP contribution < -0.4 is 15.8 Å². The molecule has 3 N–H and O–H groups in total. The van der Waals surface area contributed by atoms with Gasteiger partial charge in [0.25, 0.3) is 0 Å². The number of methoxy groups -OCH3 is 2. The summed E-state index contributed by atoms with van der Waals surface area (Å²) < 4.78 is 17.9. The number of nitrogens with one attached hydrogen (secondary N) is 1. The number of hydrogen-bond donors (Lipinski definition) is 2. The lowest BCUT2D eigenvalue weighted by atomic mass is 10.1. The molecule has 30 heavy (non-hydrogen) atoms. The van der Waals surface area contributed by atoms with Crippen LogP contribution in [-0.4, -0.2) is 46.9 Å². The molecule has 2 heterocycles. The van der Waals surface area contributed by atoms with Crippen molar-refractivity contribution in [3.63, 3.8) is 0 Å². The fraction of sp³-hybridized carbons (Fsp3) is 0.381. The Morgan fingerprint density at radius 3 is 2.70 bits per heavy atom. The summed E-state index contributed by atoms with van der Waals surface area (Å²) in [5.41, 5.74) is 8.20. The van der Waals surface area contributed by atoms with Gasteiger partial charge in [-0.15, -0.1) is 0 Å². The molecule has 3 rings (SSSR count). The molecule has 0 fully saturated rings. The maximum Gasteiger partial charge on any atom is 0.412 e. The predicted octanol–water partition coefficient (Wildman–Crippen LogP) is 3.52. The first-order chi connectivity index (χ1) is 14.2. The molecule has 0 atom stereocenters. The van der Waals surface area contributed by atoms with Crippen molar-refractivity contribution < 1.29 is 19.0 Å². The van der Waals surface area contributed by atoms with Crippen molar-refractivity contribution in [2.24, 2.45) is 0 Å². The number of carbonyl (C=O) groups excluding carboxylic acids is 1. The van der Waals surface area contributed by atoms with Gasteiger partial charge in [0.1, 0.15) is 34.2 Å². The summed E-state index contributed by atoms with van der Waals surface area (Å²) in [5.74, 6) is 1.66. The molecule has 160 valence electrons. The quantitative estimate of drug-likeness (QED) is 0.635. The molecule has 0 aliphatic carbocycles. The Morgan fingerprint density at radius 2 is 2.03 bits per heavy atom. The Bertz CT molecular complexity index is 1060. The number of rotatable bonds is 6. The van der Waals surface area contributed by atoms with Crippen LogP contribution in [0.3, 0.4) is 0 Å². The molecule has 3 aromatic rings. The second-order valence-corrected chi connectivity index (χ2v) is 7.69. The first-order valence-corrected chi connectivity index (χ1v) is 9.52. The number of nitrogens with zero attached hydrogens (tertiary/aromatic N) is 3. The minimum Gasteiger partial charge on any atom is -0.495 e. The number of fused-ring (bicyclic) bond motifs is 1. The minimum absolute atomic E-state index is 0.374. The van der Waals surface area contributed by atoms with E-state index >= 15 is 0 Å². The van der Waals surface area contributed by atoms with Crippen LogP contribution in [0.2, 0.25) is 0 Å². The molecule has 9 heteroatoms. The van der Waals surface area contributed by atoms with Gasteiger partial charge in [-0.1, -0.05) is 6.07 Å². The number of anilines is 2. The lowest BCUT2D eigenvalue weighted by Gasteiger charge is -2.20. The third-order valence-corrected chi connectivity index (χ3v) is 4.30. The van der Waals surface area contributed by atoms with Crippen LogP contribution in [0.4, 0.5) is 16.3 Å². The van der Waals surface area contributed by atoms with Gasteiger partial charge in [-0.2, -0.15) is 0 Å². The van der Waals surface area contributed by atoms with Crippen molar-refractivity contribution in [2.75, 3.05) is 31.9 Å². The Kier molecular flexibility index (Phi) is 6.12. The molecule has 0 saturated heterocycles. The Labute approximate surface area is 175 Å². The van der Waals surface area contributed by atoms with Crippen molar-refractivity contribution in [1.29, 1.82) is 0 Å².